The number of rotatable bonds is 3. The van der Waals surface area contributed by atoms with Gasteiger partial charge in [0, 0.05) is 84.7 Å². The molecular formula is C59H48BN2S2. The zero-order chi connectivity index (χ0) is 43.6. The largest absolute Gasteiger partial charge is 0.355 e. The van der Waals surface area contributed by atoms with Crippen LogP contribution in [0.1, 0.15) is 77.6 Å². The Labute approximate surface area is 383 Å². The van der Waals surface area contributed by atoms with Gasteiger partial charge in [0.1, 0.15) is 0 Å². The highest BCUT2D eigenvalue weighted by molar-refractivity contribution is 7.26. The zero-order valence-corrected chi connectivity index (χ0v) is 39.3. The molecule has 1 N–H and O–H groups in total. The van der Waals surface area contributed by atoms with Crippen LogP contribution in [0.15, 0.2) is 140 Å². The van der Waals surface area contributed by atoms with Gasteiger partial charge in [-0.15, -0.1) is 22.7 Å². The van der Waals surface area contributed by atoms with Crippen molar-refractivity contribution in [3.63, 3.8) is 0 Å². The van der Waals surface area contributed by atoms with Crippen LogP contribution in [-0.2, 0) is 16.2 Å². The van der Waals surface area contributed by atoms with E-state index in [2.05, 4.69) is 212 Å². The SMILES string of the molecule is CC(C)(C)c1ccc(Nc2cc3sc4ccc(C(C)(C)C)cc4c3cc2-c2ccc3c4cc5c(cc4n4c3c2[B]c2cc3sc6ccccc6c3cc2-4)C(C)(C)c2ccccc2-5)cc1. The van der Waals surface area contributed by atoms with Gasteiger partial charge in [0.05, 0.1) is 5.52 Å². The highest BCUT2D eigenvalue weighted by atomic mass is 32.1. The number of fused-ring (bicyclic) bond motifs is 14. The number of benzene rings is 8. The summed E-state index contributed by atoms with van der Waals surface area (Å²) in [5, 5.41) is 11.9. The van der Waals surface area contributed by atoms with Crippen LogP contribution in [0.2, 0.25) is 0 Å². The van der Waals surface area contributed by atoms with Gasteiger partial charge in [-0.2, -0.15) is 0 Å². The fourth-order valence-electron chi connectivity index (χ4n) is 11.0. The van der Waals surface area contributed by atoms with Gasteiger partial charge in [-0.05, 0) is 122 Å². The standard InChI is InChI=1S/C59H48BN2S2/c1-57(2,3)32-17-20-34(21-18-32)61-48-31-54-43(42-25-33(58(4,5)6)19-24-52(42)64-54)27-40(48)37-22-23-38-41-26-39-35-13-9-11-15-45(35)59(7,8)46(39)29-49(41)62-50-28-44-36-14-10-12-16-51(36)63-53(44)30-47(50)60-55(37)56(38)62/h9-31,61H,1-8H3. The van der Waals surface area contributed by atoms with Crippen LogP contribution in [-0.4, -0.2) is 11.8 Å². The minimum absolute atomic E-state index is 0.0499. The topological polar surface area (TPSA) is 17.0 Å². The van der Waals surface area contributed by atoms with Crippen LogP contribution in [0.25, 0.3) is 90.1 Å². The lowest BCUT2D eigenvalue weighted by Gasteiger charge is -2.25. The van der Waals surface area contributed by atoms with Crippen molar-refractivity contribution >= 4 is 114 Å². The minimum Gasteiger partial charge on any atom is -0.355 e. The van der Waals surface area contributed by atoms with Crippen molar-refractivity contribution in [1.82, 2.24) is 4.57 Å². The number of hydrogen-bond donors (Lipinski definition) is 1. The maximum Gasteiger partial charge on any atom is 0.197 e. The summed E-state index contributed by atoms with van der Waals surface area (Å²) in [6.45, 7) is 18.6. The molecule has 0 saturated heterocycles. The molecule has 1 aliphatic carbocycles. The third kappa shape index (κ3) is 5.44. The lowest BCUT2D eigenvalue weighted by molar-refractivity contribution is 0.590. The molecule has 0 unspecified atom stereocenters. The number of hydrogen-bond acceptors (Lipinski definition) is 3. The van der Waals surface area contributed by atoms with E-state index < -0.39 is 0 Å². The Bertz CT molecular complexity index is 3820. The summed E-state index contributed by atoms with van der Waals surface area (Å²) < 4.78 is 7.89. The average molecular weight is 860 g/mol. The van der Waals surface area contributed by atoms with E-state index in [4.69, 9.17) is 0 Å². The number of thiophene rings is 2. The first-order valence-corrected chi connectivity index (χ1v) is 24.3. The Morgan fingerprint density at radius 3 is 1.97 bits per heavy atom. The molecule has 3 aromatic heterocycles. The zero-order valence-electron chi connectivity index (χ0n) is 37.6. The molecule has 0 amide bonds. The van der Waals surface area contributed by atoms with Crippen LogP contribution >= 0.6 is 22.7 Å². The maximum absolute atomic E-state index is 3.97. The van der Waals surface area contributed by atoms with Gasteiger partial charge in [0.25, 0.3) is 0 Å². The molecule has 0 fully saturated rings. The second-order valence-corrected chi connectivity index (χ2v) is 23.1. The van der Waals surface area contributed by atoms with E-state index in [1.54, 1.807) is 0 Å². The molecule has 4 heterocycles. The van der Waals surface area contributed by atoms with Crippen LogP contribution < -0.4 is 16.2 Å². The van der Waals surface area contributed by atoms with E-state index in [-0.39, 0.29) is 16.2 Å². The molecule has 1 aliphatic heterocycles. The molecule has 0 saturated carbocycles. The number of anilines is 2. The van der Waals surface area contributed by atoms with E-state index in [0.717, 1.165) is 11.4 Å². The second kappa shape index (κ2) is 13.0. The third-order valence-corrected chi connectivity index (χ3v) is 16.8. The van der Waals surface area contributed by atoms with Crippen molar-refractivity contribution in [2.75, 3.05) is 5.32 Å². The molecule has 0 atom stereocenters. The number of nitrogens with zero attached hydrogens (tertiary/aromatic N) is 1. The lowest BCUT2D eigenvalue weighted by atomic mass is 9.59. The molecule has 13 rings (SSSR count). The highest BCUT2D eigenvalue weighted by Gasteiger charge is 2.37. The van der Waals surface area contributed by atoms with Gasteiger partial charge in [-0.25, -0.2) is 0 Å². The Balaban J connectivity index is 1.11. The fourth-order valence-corrected chi connectivity index (χ4v) is 13.3. The predicted octanol–water partition coefficient (Wildman–Crippen LogP) is 15.8. The Morgan fingerprint density at radius 2 is 1.17 bits per heavy atom. The van der Waals surface area contributed by atoms with E-state index in [9.17, 15) is 0 Å². The van der Waals surface area contributed by atoms with Gasteiger partial charge in [0.15, 0.2) is 7.28 Å². The minimum atomic E-state index is -0.112. The first-order valence-electron chi connectivity index (χ1n) is 22.7. The first kappa shape index (κ1) is 38.3. The van der Waals surface area contributed by atoms with E-state index in [0.29, 0.717) is 0 Å². The summed E-state index contributed by atoms with van der Waals surface area (Å²) in [6, 6.07) is 53.8. The van der Waals surface area contributed by atoms with Crippen LogP contribution in [0, 0.1) is 0 Å². The molecule has 2 aliphatic rings. The van der Waals surface area contributed by atoms with Crippen molar-refractivity contribution in [2.24, 2.45) is 0 Å². The molecule has 64 heavy (non-hydrogen) atoms. The van der Waals surface area contributed by atoms with E-state index in [1.165, 1.54) is 123 Å². The van der Waals surface area contributed by atoms with Crippen LogP contribution in [0.5, 0.6) is 0 Å². The fraction of sp³-hybridized carbons (Fsp3) is 0.186. The molecule has 0 bridgehead atoms. The summed E-state index contributed by atoms with van der Waals surface area (Å²) in [5.41, 5.74) is 19.2. The smallest absolute Gasteiger partial charge is 0.197 e. The summed E-state index contributed by atoms with van der Waals surface area (Å²) in [7, 11) is 2.50. The van der Waals surface area contributed by atoms with Crippen molar-refractivity contribution in [2.45, 2.75) is 71.6 Å². The van der Waals surface area contributed by atoms with Gasteiger partial charge in [-0.1, -0.05) is 134 Å². The summed E-state index contributed by atoms with van der Waals surface area (Å²) in [4.78, 5) is 0. The molecule has 1 radical (unpaired) electrons. The van der Waals surface area contributed by atoms with Gasteiger partial charge in [0.2, 0.25) is 0 Å². The van der Waals surface area contributed by atoms with Gasteiger partial charge < -0.3 is 9.88 Å². The number of aromatic nitrogens is 1. The first-order chi connectivity index (χ1) is 30.7. The second-order valence-electron chi connectivity index (χ2n) is 20.9. The summed E-state index contributed by atoms with van der Waals surface area (Å²) >= 11 is 3.79. The third-order valence-electron chi connectivity index (χ3n) is 14.5. The monoisotopic (exact) mass is 859 g/mol. The average Bonchev–Trinajstić information content (AvgIpc) is 3.98. The highest BCUT2D eigenvalue weighted by Crippen LogP contribution is 2.52. The molecule has 11 aromatic rings. The summed E-state index contributed by atoms with van der Waals surface area (Å²) in [5.74, 6) is 0. The maximum atomic E-state index is 3.97. The van der Waals surface area contributed by atoms with E-state index in [1.807, 2.05) is 22.7 Å². The molecular weight excluding hydrogens is 812 g/mol. The predicted molar refractivity (Wildman–Crippen MR) is 282 cm³/mol. The molecule has 309 valence electrons. The molecule has 0 spiro atoms. The van der Waals surface area contributed by atoms with Gasteiger partial charge in [-0.3, -0.25) is 0 Å². The number of nitrogens with one attached hydrogen (secondary N) is 1. The lowest BCUT2D eigenvalue weighted by Crippen LogP contribution is -2.37. The molecule has 2 nitrogen and oxygen atoms in total. The van der Waals surface area contributed by atoms with Crippen molar-refractivity contribution < 1.29 is 0 Å². The Kier molecular flexibility index (Phi) is 7.78. The van der Waals surface area contributed by atoms with Crippen molar-refractivity contribution in [3.05, 3.63) is 162 Å². The molecule has 5 heteroatoms. The van der Waals surface area contributed by atoms with Gasteiger partial charge >= 0.3 is 0 Å². The quantitative estimate of drug-likeness (QED) is 0.175. The van der Waals surface area contributed by atoms with Crippen molar-refractivity contribution in [1.29, 1.82) is 0 Å². The Hall–Kier alpha value is -6.14. The van der Waals surface area contributed by atoms with Crippen LogP contribution in [0.4, 0.5) is 11.4 Å². The van der Waals surface area contributed by atoms with Crippen LogP contribution in [0.3, 0.4) is 0 Å². The normalized spacial score (nSPS) is 14.2. The van der Waals surface area contributed by atoms with Crippen molar-refractivity contribution in [3.8, 4) is 27.9 Å². The molecule has 8 aromatic carbocycles. The summed E-state index contributed by atoms with van der Waals surface area (Å²) in [6.07, 6.45) is 0. The Morgan fingerprint density at radius 1 is 0.500 bits per heavy atom. The van der Waals surface area contributed by atoms with E-state index >= 15 is 0 Å².